The van der Waals surface area contributed by atoms with Crippen LogP contribution in [0.5, 0.6) is 5.75 Å². The second-order valence-corrected chi connectivity index (χ2v) is 6.66. The van der Waals surface area contributed by atoms with Gasteiger partial charge in [0.1, 0.15) is 17.1 Å². The molecule has 9 nitrogen and oxygen atoms in total. The van der Waals surface area contributed by atoms with Gasteiger partial charge in [-0.3, -0.25) is 9.59 Å². The summed E-state index contributed by atoms with van der Waals surface area (Å²) in [4.78, 5) is 46.3. The molecular weight excluding hydrogens is 381 g/mol. The Kier molecular flexibility index (Phi) is 8.20. The van der Waals surface area contributed by atoms with Gasteiger partial charge >= 0.3 is 19.1 Å². The highest BCUT2D eigenvalue weighted by Crippen LogP contribution is 2.30. The number of rotatable bonds is 9. The number of fused-ring (bicyclic) bond motifs is 1. The Morgan fingerprint density at radius 3 is 2.69 bits per heavy atom. The molecule has 10 heteroatoms. The predicted octanol–water partition coefficient (Wildman–Crippen LogP) is 0.953. The summed E-state index contributed by atoms with van der Waals surface area (Å²) in [5.74, 6) is -2.07. The van der Waals surface area contributed by atoms with Crippen LogP contribution in [0.4, 0.5) is 0 Å². The van der Waals surface area contributed by atoms with Gasteiger partial charge in [0, 0.05) is 19.3 Å². The average molecular weight is 405 g/mol. The number of ketones is 1. The molecule has 0 aromatic heterocycles. The first-order chi connectivity index (χ1) is 13.8. The third kappa shape index (κ3) is 6.60. The van der Waals surface area contributed by atoms with Crippen molar-refractivity contribution in [1.29, 1.82) is 0 Å². The summed E-state index contributed by atoms with van der Waals surface area (Å²) >= 11 is 0. The number of Topliss-reactive ketones (excluding diaryl/α,β-unsaturated/α-hetero) is 1. The first kappa shape index (κ1) is 22.4. The minimum Gasteiger partial charge on any atom is -0.534 e. The Balaban J connectivity index is 1.98. The zero-order chi connectivity index (χ0) is 21.4. The fourth-order valence-corrected chi connectivity index (χ4v) is 2.81. The summed E-state index contributed by atoms with van der Waals surface area (Å²) in [6.07, 6.45) is 1.33. The van der Waals surface area contributed by atoms with Crippen LogP contribution in [-0.4, -0.2) is 48.5 Å². The van der Waals surface area contributed by atoms with E-state index < -0.39 is 31.8 Å². The van der Waals surface area contributed by atoms with Crippen LogP contribution in [0, 0.1) is 0 Å². The van der Waals surface area contributed by atoms with Crippen molar-refractivity contribution in [2.24, 2.45) is 0 Å². The molecule has 2 N–H and O–H groups in total. The van der Waals surface area contributed by atoms with Crippen molar-refractivity contribution in [3.05, 3.63) is 29.3 Å². The van der Waals surface area contributed by atoms with Crippen molar-refractivity contribution in [3.63, 3.8) is 0 Å². The summed E-state index contributed by atoms with van der Waals surface area (Å²) in [6.45, 7) is 2.56. The molecular formula is C19H24BNO8. The molecule has 29 heavy (non-hydrogen) atoms. The van der Waals surface area contributed by atoms with E-state index in [0.717, 1.165) is 0 Å². The van der Waals surface area contributed by atoms with E-state index in [0.29, 0.717) is 18.4 Å². The molecule has 0 radical (unpaired) electrons. The standard InChI is InChI=1S/C19H24BNO8/c1-3-17(24)27-11-28-19(25)14-8-5-7-13-10-15(20(26)29-18(13)14)21-16(23)9-4-6-12(2)22/h5,7-8,15,26H,3-4,6,9-11H2,1-2H3,(H,21,23)/t15-/m0/s1. The number of benzene rings is 1. The van der Waals surface area contributed by atoms with Gasteiger partial charge in [0.25, 0.3) is 0 Å². The zero-order valence-electron chi connectivity index (χ0n) is 16.4. The number of hydrogen-bond donors (Lipinski definition) is 2. The molecule has 1 aliphatic rings. The van der Waals surface area contributed by atoms with Gasteiger partial charge in [-0.2, -0.15) is 0 Å². The molecule has 0 aliphatic carbocycles. The van der Waals surface area contributed by atoms with E-state index in [-0.39, 0.29) is 42.3 Å². The van der Waals surface area contributed by atoms with E-state index in [2.05, 4.69) is 5.32 Å². The van der Waals surface area contributed by atoms with Crippen LogP contribution < -0.4 is 9.97 Å². The van der Waals surface area contributed by atoms with Crippen molar-refractivity contribution in [1.82, 2.24) is 5.32 Å². The number of esters is 2. The van der Waals surface area contributed by atoms with Crippen LogP contribution in [0.3, 0.4) is 0 Å². The third-order valence-electron chi connectivity index (χ3n) is 4.32. The van der Waals surface area contributed by atoms with E-state index >= 15 is 0 Å². The molecule has 0 bridgehead atoms. The van der Waals surface area contributed by atoms with Gasteiger partial charge in [-0.25, -0.2) is 4.79 Å². The molecule has 1 aromatic carbocycles. The van der Waals surface area contributed by atoms with Gasteiger partial charge in [-0.05, 0) is 31.4 Å². The first-order valence-electron chi connectivity index (χ1n) is 9.40. The number of ether oxygens (including phenoxy) is 2. The van der Waals surface area contributed by atoms with E-state index in [1.54, 1.807) is 19.1 Å². The Bertz CT molecular complexity index is 781. The Morgan fingerprint density at radius 2 is 2.00 bits per heavy atom. The number of nitrogens with one attached hydrogen (secondary N) is 1. The average Bonchev–Trinajstić information content (AvgIpc) is 2.67. The molecule has 0 saturated carbocycles. The van der Waals surface area contributed by atoms with Gasteiger partial charge in [-0.1, -0.05) is 19.1 Å². The molecule has 1 heterocycles. The fraction of sp³-hybridized carbons (Fsp3) is 0.474. The monoisotopic (exact) mass is 405 g/mol. The maximum atomic E-state index is 12.3. The van der Waals surface area contributed by atoms with Crippen LogP contribution in [0.2, 0.25) is 0 Å². The quantitative estimate of drug-likeness (QED) is 0.353. The first-order valence-corrected chi connectivity index (χ1v) is 9.40. The number of carbonyl (C=O) groups excluding carboxylic acids is 4. The van der Waals surface area contributed by atoms with Crippen LogP contribution in [0.1, 0.15) is 55.5 Å². The van der Waals surface area contributed by atoms with Gasteiger partial charge in [-0.15, -0.1) is 0 Å². The Hall–Kier alpha value is -2.88. The number of amides is 1. The summed E-state index contributed by atoms with van der Waals surface area (Å²) in [7, 11) is -1.36. The van der Waals surface area contributed by atoms with Gasteiger partial charge < -0.3 is 29.3 Å². The van der Waals surface area contributed by atoms with E-state index in [4.69, 9.17) is 14.1 Å². The van der Waals surface area contributed by atoms with Gasteiger partial charge in [0.05, 0.1) is 5.94 Å². The second kappa shape index (κ2) is 10.6. The lowest BCUT2D eigenvalue weighted by Gasteiger charge is -2.29. The second-order valence-electron chi connectivity index (χ2n) is 6.66. The van der Waals surface area contributed by atoms with Gasteiger partial charge in [0.15, 0.2) is 0 Å². The van der Waals surface area contributed by atoms with Crippen molar-refractivity contribution >= 4 is 30.7 Å². The van der Waals surface area contributed by atoms with Crippen molar-refractivity contribution in [2.45, 2.75) is 51.9 Å². The number of para-hydroxylation sites is 1. The fourth-order valence-electron chi connectivity index (χ4n) is 2.81. The zero-order valence-corrected chi connectivity index (χ0v) is 16.4. The normalized spacial score (nSPS) is 15.0. The predicted molar refractivity (Wildman–Crippen MR) is 102 cm³/mol. The summed E-state index contributed by atoms with van der Waals surface area (Å²) in [5, 5.41) is 12.9. The minimum absolute atomic E-state index is 0.0108. The Morgan fingerprint density at radius 1 is 1.24 bits per heavy atom. The highest BCUT2D eigenvalue weighted by Gasteiger charge is 2.37. The molecule has 0 saturated heterocycles. The molecule has 1 amide bonds. The van der Waals surface area contributed by atoms with Crippen molar-refractivity contribution in [3.8, 4) is 5.75 Å². The lowest BCUT2D eigenvalue weighted by atomic mass is 9.72. The lowest BCUT2D eigenvalue weighted by Crippen LogP contribution is -2.53. The van der Waals surface area contributed by atoms with Crippen LogP contribution in [-0.2, 0) is 30.3 Å². The highest BCUT2D eigenvalue weighted by molar-refractivity contribution is 6.47. The summed E-state index contributed by atoms with van der Waals surface area (Å²) < 4.78 is 15.1. The summed E-state index contributed by atoms with van der Waals surface area (Å²) in [6, 6.07) is 4.81. The van der Waals surface area contributed by atoms with Crippen molar-refractivity contribution in [2.75, 3.05) is 6.79 Å². The lowest BCUT2D eigenvalue weighted by molar-refractivity contribution is -0.151. The van der Waals surface area contributed by atoms with Crippen LogP contribution in [0.25, 0.3) is 0 Å². The maximum Gasteiger partial charge on any atom is 0.547 e. The molecule has 156 valence electrons. The topological polar surface area (TPSA) is 128 Å². The SMILES string of the molecule is CCC(=O)OCOC(=O)c1cccc2c1OB(O)[C@@H](NC(=O)CCCC(C)=O)C2. The molecule has 1 atom stereocenters. The molecule has 2 rings (SSSR count). The third-order valence-corrected chi connectivity index (χ3v) is 4.32. The molecule has 0 spiro atoms. The Labute approximate surface area is 168 Å². The largest absolute Gasteiger partial charge is 0.547 e. The minimum atomic E-state index is -1.36. The molecule has 0 fully saturated rings. The van der Waals surface area contributed by atoms with E-state index in [9.17, 15) is 24.2 Å². The number of carbonyl (C=O) groups is 4. The molecule has 1 aliphatic heterocycles. The van der Waals surface area contributed by atoms with Gasteiger partial charge in [0.2, 0.25) is 12.7 Å². The number of hydrogen-bond acceptors (Lipinski definition) is 8. The smallest absolute Gasteiger partial charge is 0.534 e. The maximum absolute atomic E-state index is 12.3. The summed E-state index contributed by atoms with van der Waals surface area (Å²) in [5.41, 5.74) is 0.699. The van der Waals surface area contributed by atoms with Crippen LogP contribution >= 0.6 is 0 Å². The molecule has 1 aromatic rings. The van der Waals surface area contributed by atoms with Crippen molar-refractivity contribution < 1.29 is 38.3 Å². The van der Waals surface area contributed by atoms with Crippen LogP contribution in [0.15, 0.2) is 18.2 Å². The van der Waals surface area contributed by atoms with E-state index in [1.807, 2.05) is 0 Å². The highest BCUT2D eigenvalue weighted by atomic mass is 16.7. The van der Waals surface area contributed by atoms with E-state index in [1.165, 1.54) is 13.0 Å². The molecule has 0 unspecified atom stereocenters.